The number of quaternary nitrogens is 1. The quantitative estimate of drug-likeness (QED) is 0.527. The Labute approximate surface area is 199 Å². The summed E-state index contributed by atoms with van der Waals surface area (Å²) >= 11 is 6.04. The molecular weight excluding hydrogens is 438 g/mol. The summed E-state index contributed by atoms with van der Waals surface area (Å²) in [5.74, 6) is 0.243. The zero-order chi connectivity index (χ0) is 23.6. The largest absolute Gasteiger partial charge is 0.498 e. The number of likely N-dealkylation sites (tertiary alicyclic amines) is 1. The maximum Gasteiger partial charge on any atom is 0.274 e. The molecule has 1 saturated heterocycles. The molecule has 0 aliphatic carbocycles. The van der Waals surface area contributed by atoms with Crippen molar-refractivity contribution in [1.29, 1.82) is 0 Å². The van der Waals surface area contributed by atoms with Gasteiger partial charge in [0.15, 0.2) is 0 Å². The molecular formula is C26H30ClN3O3. The normalized spacial score (nSPS) is 21.3. The second-order valence-electron chi connectivity index (χ2n) is 9.56. The van der Waals surface area contributed by atoms with Crippen molar-refractivity contribution in [1.82, 2.24) is 9.78 Å². The molecule has 2 unspecified atom stereocenters. The van der Waals surface area contributed by atoms with Crippen molar-refractivity contribution in [3.05, 3.63) is 75.2 Å². The summed E-state index contributed by atoms with van der Waals surface area (Å²) in [5.41, 5.74) is 1.78. The first-order valence-corrected chi connectivity index (χ1v) is 12.0. The molecule has 2 aromatic carbocycles. The molecule has 0 bridgehead atoms. The molecule has 1 amide bonds. The number of benzene rings is 2. The van der Waals surface area contributed by atoms with Gasteiger partial charge >= 0.3 is 0 Å². The minimum Gasteiger partial charge on any atom is -0.498 e. The van der Waals surface area contributed by atoms with E-state index >= 15 is 0 Å². The van der Waals surface area contributed by atoms with E-state index in [9.17, 15) is 14.7 Å². The molecule has 2 heterocycles. The molecule has 0 saturated carbocycles. The van der Waals surface area contributed by atoms with Crippen LogP contribution in [0.4, 0.5) is 4.79 Å². The fraction of sp³-hybridized carbons (Fsp3) is 0.423. The van der Waals surface area contributed by atoms with E-state index in [2.05, 4.69) is 0 Å². The Bertz CT molecular complexity index is 1210. The van der Waals surface area contributed by atoms with Gasteiger partial charge in [0.25, 0.3) is 11.7 Å². The van der Waals surface area contributed by atoms with E-state index in [0.717, 1.165) is 23.1 Å². The van der Waals surface area contributed by atoms with E-state index in [-0.39, 0.29) is 22.0 Å². The lowest BCUT2D eigenvalue weighted by molar-refractivity contribution is -0.878. The van der Waals surface area contributed by atoms with E-state index in [1.807, 2.05) is 62.4 Å². The number of carboxylic acid groups (broad SMARTS) is 1. The van der Waals surface area contributed by atoms with Gasteiger partial charge in [0.1, 0.15) is 0 Å². The highest BCUT2D eigenvalue weighted by Crippen LogP contribution is 2.28. The van der Waals surface area contributed by atoms with Crippen LogP contribution in [-0.4, -0.2) is 40.0 Å². The van der Waals surface area contributed by atoms with Crippen LogP contribution in [0.5, 0.6) is 0 Å². The van der Waals surface area contributed by atoms with E-state index < -0.39 is 6.09 Å². The van der Waals surface area contributed by atoms with Crippen LogP contribution >= 0.6 is 11.6 Å². The molecule has 4 rings (SSSR count). The molecule has 0 N–H and O–H groups in total. The minimum absolute atomic E-state index is 0.0475. The number of amides is 1. The third-order valence-corrected chi connectivity index (χ3v) is 6.90. The van der Waals surface area contributed by atoms with Gasteiger partial charge in [0.2, 0.25) is 0 Å². The highest BCUT2D eigenvalue weighted by Gasteiger charge is 2.35. The first-order chi connectivity index (χ1) is 15.8. The second kappa shape index (κ2) is 9.65. The van der Waals surface area contributed by atoms with Crippen LogP contribution in [0.25, 0.3) is 10.8 Å². The van der Waals surface area contributed by atoms with Gasteiger partial charge in [0.05, 0.1) is 36.8 Å². The SMILES string of the molecule is CC(C)C[N+]1(C(=O)[O-])CCCC(n2nc(Cc3ccc(Cl)cc3)c3ccccc3c2=O)CC1. The maximum atomic E-state index is 13.4. The lowest BCUT2D eigenvalue weighted by atomic mass is 10.0. The van der Waals surface area contributed by atoms with Gasteiger partial charge in [-0.1, -0.05) is 55.8 Å². The number of fused-ring (bicyclic) bond motifs is 1. The number of hydrogen-bond acceptors (Lipinski definition) is 4. The van der Waals surface area contributed by atoms with Gasteiger partial charge in [-0.25, -0.2) is 4.68 Å². The Hall–Kier alpha value is -2.70. The molecule has 1 fully saturated rings. The van der Waals surface area contributed by atoms with Crippen LogP contribution in [0.2, 0.25) is 5.02 Å². The van der Waals surface area contributed by atoms with Gasteiger partial charge in [-0.2, -0.15) is 5.10 Å². The predicted octanol–water partition coefficient (Wildman–Crippen LogP) is 4.18. The number of hydrogen-bond donors (Lipinski definition) is 0. The summed E-state index contributed by atoms with van der Waals surface area (Å²) in [6.45, 7) is 5.57. The smallest absolute Gasteiger partial charge is 0.274 e. The molecule has 0 spiro atoms. The average Bonchev–Trinajstić information content (AvgIpc) is 3.00. The number of rotatable bonds is 5. The van der Waals surface area contributed by atoms with Crippen molar-refractivity contribution in [3.8, 4) is 0 Å². The number of nitrogens with zero attached hydrogens (tertiary/aromatic N) is 3. The number of carbonyl (C=O) groups excluding carboxylic acids is 1. The van der Waals surface area contributed by atoms with E-state index in [1.54, 1.807) is 4.68 Å². The summed E-state index contributed by atoms with van der Waals surface area (Å²) in [5, 5.41) is 19.1. The summed E-state index contributed by atoms with van der Waals surface area (Å²) in [4.78, 5) is 25.5. The van der Waals surface area contributed by atoms with Gasteiger partial charge < -0.3 is 9.90 Å². The zero-order valence-electron chi connectivity index (χ0n) is 19.2. The number of aromatic nitrogens is 2. The monoisotopic (exact) mass is 467 g/mol. The van der Waals surface area contributed by atoms with Crippen molar-refractivity contribution < 1.29 is 14.4 Å². The van der Waals surface area contributed by atoms with E-state index in [1.165, 1.54) is 0 Å². The van der Waals surface area contributed by atoms with Crippen LogP contribution in [0.3, 0.4) is 0 Å². The maximum absolute atomic E-state index is 13.4. The summed E-state index contributed by atoms with van der Waals surface area (Å²) < 4.78 is 1.56. The average molecular weight is 468 g/mol. The standard InChI is InChI=1S/C26H30ClN3O3/c1-18(2)17-30(26(32)33)14-5-6-21(13-15-30)29-25(31)23-8-4-3-7-22(23)24(28-29)16-19-9-11-20(27)12-10-19/h3-4,7-12,18,21H,5-6,13-17H2,1-2H3. The summed E-state index contributed by atoms with van der Waals surface area (Å²) in [6, 6.07) is 15.1. The molecule has 0 radical (unpaired) electrons. The third-order valence-electron chi connectivity index (χ3n) is 6.65. The lowest BCUT2D eigenvalue weighted by Gasteiger charge is -2.38. The lowest BCUT2D eigenvalue weighted by Crippen LogP contribution is -2.60. The van der Waals surface area contributed by atoms with Crippen LogP contribution in [0.1, 0.15) is 50.4 Å². The molecule has 33 heavy (non-hydrogen) atoms. The predicted molar refractivity (Wildman–Crippen MR) is 128 cm³/mol. The van der Waals surface area contributed by atoms with Gasteiger partial charge in [-0.05, 0) is 36.6 Å². The molecule has 1 aliphatic rings. The summed E-state index contributed by atoms with van der Waals surface area (Å²) in [6.07, 6.45) is 1.56. The zero-order valence-corrected chi connectivity index (χ0v) is 19.9. The van der Waals surface area contributed by atoms with Crippen molar-refractivity contribution in [3.63, 3.8) is 0 Å². The van der Waals surface area contributed by atoms with Gasteiger partial charge in [-0.3, -0.25) is 9.28 Å². The third kappa shape index (κ3) is 4.97. The Morgan fingerprint density at radius 2 is 1.82 bits per heavy atom. The minimum atomic E-state index is -1.02. The topological polar surface area (TPSA) is 75.0 Å². The van der Waals surface area contributed by atoms with Gasteiger partial charge in [-0.15, -0.1) is 0 Å². The van der Waals surface area contributed by atoms with E-state index in [4.69, 9.17) is 16.7 Å². The Morgan fingerprint density at radius 3 is 2.48 bits per heavy atom. The molecule has 2 atom stereocenters. The highest BCUT2D eigenvalue weighted by atomic mass is 35.5. The molecule has 1 aliphatic heterocycles. The Morgan fingerprint density at radius 1 is 1.12 bits per heavy atom. The fourth-order valence-corrected chi connectivity index (χ4v) is 5.24. The van der Waals surface area contributed by atoms with Crippen LogP contribution in [0, 0.1) is 5.92 Å². The number of carbonyl (C=O) groups is 1. The van der Waals surface area contributed by atoms with Crippen LogP contribution in [0.15, 0.2) is 53.3 Å². The van der Waals surface area contributed by atoms with Crippen molar-refractivity contribution in [2.75, 3.05) is 19.6 Å². The summed E-state index contributed by atoms with van der Waals surface area (Å²) in [7, 11) is 0. The fourth-order valence-electron chi connectivity index (χ4n) is 5.11. The molecule has 7 heteroatoms. The Kier molecular flexibility index (Phi) is 6.86. The molecule has 174 valence electrons. The van der Waals surface area contributed by atoms with E-state index in [0.29, 0.717) is 49.3 Å². The van der Waals surface area contributed by atoms with Crippen LogP contribution < -0.4 is 10.7 Å². The molecule has 6 nitrogen and oxygen atoms in total. The van der Waals surface area contributed by atoms with Crippen LogP contribution in [-0.2, 0) is 6.42 Å². The second-order valence-corrected chi connectivity index (χ2v) is 10.0. The van der Waals surface area contributed by atoms with Crippen molar-refractivity contribution >= 4 is 28.5 Å². The first kappa shape index (κ1) is 23.5. The molecule has 3 aromatic rings. The Balaban J connectivity index is 1.72. The molecule has 1 aromatic heterocycles. The number of halogens is 1. The highest BCUT2D eigenvalue weighted by molar-refractivity contribution is 6.30. The van der Waals surface area contributed by atoms with Gasteiger partial charge in [0, 0.05) is 29.2 Å². The van der Waals surface area contributed by atoms with Crippen molar-refractivity contribution in [2.24, 2.45) is 5.92 Å². The van der Waals surface area contributed by atoms with Crippen molar-refractivity contribution in [2.45, 2.75) is 45.6 Å². The first-order valence-electron chi connectivity index (χ1n) is 11.6.